The van der Waals surface area contributed by atoms with Crippen molar-refractivity contribution >= 4 is 65.7 Å². The van der Waals surface area contributed by atoms with Crippen molar-refractivity contribution in [2.75, 3.05) is 38.3 Å². The highest BCUT2D eigenvalue weighted by molar-refractivity contribution is 7.80. The van der Waals surface area contributed by atoms with Crippen LogP contribution in [0, 0.1) is 0 Å². The molecule has 0 aromatic heterocycles. The summed E-state index contributed by atoms with van der Waals surface area (Å²) in [5, 5.41) is 28.7. The highest BCUT2D eigenvalue weighted by Gasteiger charge is 2.27. The van der Waals surface area contributed by atoms with Crippen molar-refractivity contribution in [1.82, 2.24) is 5.32 Å². The van der Waals surface area contributed by atoms with Crippen LogP contribution < -0.4 is 21.2 Å². The second-order valence-corrected chi connectivity index (χ2v) is 20.8. The van der Waals surface area contributed by atoms with Gasteiger partial charge in [0.15, 0.2) is 16.6 Å². The van der Waals surface area contributed by atoms with E-state index >= 15 is 0 Å². The average molecular weight is 1090 g/mol. The zero-order chi connectivity index (χ0) is 55.0. The Morgan fingerprint density at radius 3 is 1.93 bits per heavy atom. The summed E-state index contributed by atoms with van der Waals surface area (Å²) < 4.78 is 45.2. The van der Waals surface area contributed by atoms with Gasteiger partial charge < -0.3 is 44.4 Å². The Hall–Kier alpha value is -5.65. The number of hydrogen-bond acceptors (Lipinski definition) is 14. The van der Waals surface area contributed by atoms with E-state index in [1.54, 1.807) is 12.1 Å². The highest BCUT2D eigenvalue weighted by atomic mass is 32.1. The number of phosphoric ester groups is 1. The van der Waals surface area contributed by atoms with E-state index in [9.17, 15) is 43.6 Å². The average Bonchev–Trinajstić information content (AvgIpc) is 3.39. The Morgan fingerprint density at radius 1 is 0.724 bits per heavy atom. The fourth-order valence-electron chi connectivity index (χ4n) is 8.62. The SMILES string of the molecule is C=CC(=O)OCCCCCCCCCCCC(=O)OC(COC(=O)CCCCCCCCCCCCCCC)COP(=O)(O)OCCNC(=S)Nc1ccc(-c2c3ccc(=O)cc-3oc3cc([O-])ccc23)c(C(=O)O)c1. The third-order valence-electron chi connectivity index (χ3n) is 12.7. The molecule has 19 heteroatoms. The maximum Gasteiger partial charge on any atom is 0.472 e. The molecule has 0 radical (unpaired) electrons. The number of fused-ring (bicyclic) bond motifs is 2. The van der Waals surface area contributed by atoms with E-state index in [-0.39, 0.29) is 65.8 Å². The summed E-state index contributed by atoms with van der Waals surface area (Å²) in [7, 11) is -4.72. The summed E-state index contributed by atoms with van der Waals surface area (Å²) in [6.45, 7) is 4.60. The zero-order valence-electron chi connectivity index (χ0n) is 44.1. The van der Waals surface area contributed by atoms with Crippen LogP contribution in [0.3, 0.4) is 0 Å². The number of thiocarbonyl (C=S) groups is 1. The number of aromatic carboxylic acids is 1. The fraction of sp³-hybridized carbons (Fsp3) is 0.544. The number of hydrogen-bond donors (Lipinski definition) is 4. The number of phosphoric acid groups is 1. The van der Waals surface area contributed by atoms with E-state index < -0.39 is 44.4 Å². The van der Waals surface area contributed by atoms with Crippen molar-refractivity contribution in [3.8, 4) is 28.2 Å². The van der Waals surface area contributed by atoms with E-state index in [2.05, 4.69) is 24.1 Å². The fourth-order valence-corrected chi connectivity index (χ4v) is 9.59. The number of rotatable bonds is 40. The van der Waals surface area contributed by atoms with Crippen LogP contribution in [0.2, 0.25) is 0 Å². The van der Waals surface area contributed by atoms with Crippen molar-refractivity contribution in [2.24, 2.45) is 0 Å². The van der Waals surface area contributed by atoms with Gasteiger partial charge in [-0.1, -0.05) is 154 Å². The first kappa shape index (κ1) is 62.9. The summed E-state index contributed by atoms with van der Waals surface area (Å²) in [5.41, 5.74) is 1.24. The lowest BCUT2D eigenvalue weighted by atomic mass is 9.90. The van der Waals surface area contributed by atoms with Crippen LogP contribution in [-0.2, 0) is 42.2 Å². The Balaban J connectivity index is 1.22. The first-order valence-corrected chi connectivity index (χ1v) is 29.0. The highest BCUT2D eigenvalue weighted by Crippen LogP contribution is 2.44. The summed E-state index contributed by atoms with van der Waals surface area (Å²) in [5.74, 6) is -2.84. The maximum absolute atomic E-state index is 13.0. The van der Waals surface area contributed by atoms with Gasteiger partial charge in [-0.3, -0.25) is 23.4 Å². The Kier molecular flexibility index (Phi) is 29.5. The number of ether oxygens (including phenoxy) is 3. The molecule has 2 aliphatic rings. The van der Waals surface area contributed by atoms with E-state index in [0.717, 1.165) is 76.7 Å². The molecule has 17 nitrogen and oxygen atoms in total. The molecule has 0 fully saturated rings. The molecule has 0 spiro atoms. The molecule has 2 atom stereocenters. The molecule has 1 aliphatic carbocycles. The molecule has 2 unspecified atom stereocenters. The number of esters is 3. The minimum Gasteiger partial charge on any atom is -0.872 e. The molecular weight excluding hydrogens is 1020 g/mol. The van der Waals surface area contributed by atoms with Gasteiger partial charge in [-0.25, -0.2) is 14.2 Å². The van der Waals surface area contributed by atoms with Crippen LogP contribution >= 0.6 is 20.0 Å². The minimum absolute atomic E-state index is 0.0340. The van der Waals surface area contributed by atoms with Gasteiger partial charge in [-0.05, 0) is 67.4 Å². The minimum atomic E-state index is -4.72. The lowest BCUT2D eigenvalue weighted by Gasteiger charge is -2.20. The summed E-state index contributed by atoms with van der Waals surface area (Å²) in [6.07, 6.45) is 23.8. The molecule has 418 valence electrons. The van der Waals surface area contributed by atoms with Crippen LogP contribution in [0.15, 0.2) is 76.5 Å². The van der Waals surface area contributed by atoms with E-state index in [1.807, 2.05) is 0 Å². The van der Waals surface area contributed by atoms with Gasteiger partial charge in [0, 0.05) is 53.7 Å². The second kappa shape index (κ2) is 35.6. The van der Waals surface area contributed by atoms with Gasteiger partial charge in [0.2, 0.25) is 0 Å². The van der Waals surface area contributed by atoms with Crippen molar-refractivity contribution in [3.05, 3.63) is 83.0 Å². The van der Waals surface area contributed by atoms with Crippen molar-refractivity contribution < 1.29 is 66.5 Å². The molecule has 2 aromatic carbocycles. The summed E-state index contributed by atoms with van der Waals surface area (Å²) >= 11 is 5.40. The molecule has 2 aromatic rings. The Bertz CT molecular complexity index is 2530. The lowest BCUT2D eigenvalue weighted by Crippen LogP contribution is -2.31. The van der Waals surface area contributed by atoms with Gasteiger partial charge in [0.25, 0.3) is 0 Å². The first-order chi connectivity index (χ1) is 36.7. The standard InChI is InChI=1S/C57H79N2O15PS/c1-3-5-6-7-8-9-10-11-12-14-17-20-23-26-53(63)70-40-45(73-54(64)27-24-21-18-15-13-16-19-22-25-35-69-52(62)4-2)41-72-75(67,68)71-36-34-58-57(76)59-42-28-31-46(49(37-42)56(65)66)55-47-32-29-43(60)38-50(47)74-51-39-44(61)30-33-48(51)55/h4,28-33,37-39,45,60H,2-3,5-27,34-36,40-41H2,1H3,(H,65,66)(H,67,68)(H2,58,59,76)/p-1. The Morgan fingerprint density at radius 2 is 1.32 bits per heavy atom. The topological polar surface area (TPSA) is 249 Å². The number of carbonyl (C=O) groups is 4. The smallest absolute Gasteiger partial charge is 0.472 e. The zero-order valence-corrected chi connectivity index (χ0v) is 45.8. The molecule has 4 N–H and O–H groups in total. The molecule has 1 aliphatic heterocycles. The molecule has 0 bridgehead atoms. The van der Waals surface area contributed by atoms with Gasteiger partial charge in [-0.2, -0.15) is 0 Å². The normalized spacial score (nSPS) is 12.4. The first-order valence-electron chi connectivity index (χ1n) is 27.1. The second-order valence-electron chi connectivity index (χ2n) is 18.9. The van der Waals surface area contributed by atoms with Gasteiger partial charge >= 0.3 is 31.7 Å². The molecular formula is C57H78N2O15PS-. The van der Waals surface area contributed by atoms with Crippen LogP contribution in [0.5, 0.6) is 5.75 Å². The molecule has 76 heavy (non-hydrogen) atoms. The van der Waals surface area contributed by atoms with E-state index in [1.165, 1.54) is 100 Å². The number of benzene rings is 3. The quantitative estimate of drug-likeness (QED) is 0.00615. The molecule has 0 saturated carbocycles. The maximum atomic E-state index is 13.0. The molecule has 0 amide bonds. The summed E-state index contributed by atoms with van der Waals surface area (Å²) in [4.78, 5) is 72.1. The van der Waals surface area contributed by atoms with Gasteiger partial charge in [0.1, 0.15) is 18.0 Å². The monoisotopic (exact) mass is 1090 g/mol. The third kappa shape index (κ3) is 24.6. The predicted octanol–water partition coefficient (Wildman–Crippen LogP) is 12.3. The van der Waals surface area contributed by atoms with Crippen molar-refractivity contribution in [1.29, 1.82) is 0 Å². The number of anilines is 1. The third-order valence-corrected chi connectivity index (χ3v) is 13.9. The van der Waals surface area contributed by atoms with E-state index in [4.69, 9.17) is 39.9 Å². The summed E-state index contributed by atoms with van der Waals surface area (Å²) in [6, 6.07) is 12.8. The number of carbonyl (C=O) groups excluding carboxylic acids is 3. The van der Waals surface area contributed by atoms with E-state index in [0.29, 0.717) is 47.2 Å². The van der Waals surface area contributed by atoms with Crippen LogP contribution in [-0.4, -0.2) is 78.1 Å². The lowest BCUT2D eigenvalue weighted by molar-refractivity contribution is -0.268. The van der Waals surface area contributed by atoms with Crippen molar-refractivity contribution in [2.45, 2.75) is 167 Å². The number of carboxylic acid groups (broad SMARTS) is 1. The number of nitrogens with one attached hydrogen (secondary N) is 2. The van der Waals surface area contributed by atoms with Crippen molar-refractivity contribution in [3.63, 3.8) is 0 Å². The van der Waals surface area contributed by atoms with Gasteiger partial charge in [0.05, 0.1) is 25.4 Å². The van der Waals surface area contributed by atoms with Crippen LogP contribution in [0.1, 0.15) is 171 Å². The molecule has 0 saturated heterocycles. The molecule has 4 rings (SSSR count). The van der Waals surface area contributed by atoms with Crippen LogP contribution in [0.4, 0.5) is 5.69 Å². The number of carboxylic acids is 1. The van der Waals surface area contributed by atoms with Crippen LogP contribution in [0.25, 0.3) is 33.4 Å². The predicted molar refractivity (Wildman–Crippen MR) is 295 cm³/mol. The molecule has 1 heterocycles. The Labute approximate surface area is 452 Å². The number of unbranched alkanes of at least 4 members (excludes halogenated alkanes) is 20. The van der Waals surface area contributed by atoms with Gasteiger partial charge in [-0.15, -0.1) is 5.75 Å². The largest absolute Gasteiger partial charge is 0.872 e.